The number of aryl methyl sites for hydroxylation is 1. The number of aromatic nitrogens is 4. The first-order valence-electron chi connectivity index (χ1n) is 7.80. The molecule has 0 unspecified atom stereocenters. The number of rotatable bonds is 7. The van der Waals surface area contributed by atoms with Crippen molar-refractivity contribution in [3.63, 3.8) is 0 Å². The lowest BCUT2D eigenvalue weighted by molar-refractivity contribution is -0.116. The molecule has 1 aromatic carbocycles. The highest BCUT2D eigenvalue weighted by atomic mass is 32.2. The number of anilines is 2. The van der Waals surface area contributed by atoms with Gasteiger partial charge in [-0.25, -0.2) is 28.1 Å². The maximum atomic E-state index is 12.0. The van der Waals surface area contributed by atoms with E-state index in [0.29, 0.717) is 17.3 Å². The Balaban J connectivity index is 1.76. The molecular formula is C16H17N7O3S. The first-order chi connectivity index (χ1) is 12.8. The third-order valence-corrected chi connectivity index (χ3v) is 5.01. The van der Waals surface area contributed by atoms with Crippen LogP contribution in [0.5, 0.6) is 0 Å². The highest BCUT2D eigenvalue weighted by molar-refractivity contribution is 7.89. The smallest absolute Gasteiger partial charge is 0.241 e. The number of imidazole rings is 1. The molecule has 2 aromatic heterocycles. The number of carbonyl (C=O) groups is 1. The first kappa shape index (κ1) is 18.5. The molecule has 3 rings (SSSR count). The van der Waals surface area contributed by atoms with Gasteiger partial charge in [0.15, 0.2) is 0 Å². The van der Waals surface area contributed by atoms with E-state index in [1.54, 1.807) is 36.9 Å². The van der Waals surface area contributed by atoms with Crippen LogP contribution in [0.2, 0.25) is 0 Å². The summed E-state index contributed by atoms with van der Waals surface area (Å²) in [6.45, 7) is -0.461. The van der Waals surface area contributed by atoms with Crippen molar-refractivity contribution in [1.82, 2.24) is 24.2 Å². The summed E-state index contributed by atoms with van der Waals surface area (Å²) >= 11 is 0. The van der Waals surface area contributed by atoms with Crippen molar-refractivity contribution in [2.75, 3.05) is 11.9 Å². The van der Waals surface area contributed by atoms with Crippen molar-refractivity contribution < 1.29 is 13.2 Å². The molecule has 0 aliphatic rings. The third kappa shape index (κ3) is 4.46. The number of hydrogen-bond donors (Lipinski definition) is 3. The van der Waals surface area contributed by atoms with Crippen LogP contribution in [0.15, 0.2) is 53.9 Å². The Morgan fingerprint density at radius 3 is 2.59 bits per heavy atom. The van der Waals surface area contributed by atoms with E-state index in [2.05, 4.69) is 25.0 Å². The molecule has 0 radical (unpaired) electrons. The van der Waals surface area contributed by atoms with Gasteiger partial charge in [-0.3, -0.25) is 4.79 Å². The van der Waals surface area contributed by atoms with Crippen LogP contribution in [-0.2, 0) is 21.9 Å². The molecule has 0 bridgehead atoms. The number of carbonyl (C=O) groups excluding carboxylic acids is 1. The molecule has 27 heavy (non-hydrogen) atoms. The monoisotopic (exact) mass is 387 g/mol. The second kappa shape index (κ2) is 7.51. The average Bonchev–Trinajstić information content (AvgIpc) is 3.07. The molecule has 11 heteroatoms. The van der Waals surface area contributed by atoms with Gasteiger partial charge in [-0.1, -0.05) is 0 Å². The van der Waals surface area contributed by atoms with Crippen LogP contribution in [0.1, 0.15) is 0 Å². The zero-order valence-electron chi connectivity index (χ0n) is 14.3. The topological polar surface area (TPSA) is 145 Å². The second-order valence-corrected chi connectivity index (χ2v) is 7.36. The highest BCUT2D eigenvalue weighted by Gasteiger charge is 2.14. The summed E-state index contributed by atoms with van der Waals surface area (Å²) in [6, 6.07) is 7.70. The van der Waals surface area contributed by atoms with Crippen molar-refractivity contribution in [1.29, 1.82) is 0 Å². The normalized spacial score (nSPS) is 11.3. The van der Waals surface area contributed by atoms with Crippen LogP contribution < -0.4 is 15.8 Å². The fraction of sp³-hybridized carbons (Fsp3) is 0.125. The predicted octanol–water partition coefficient (Wildman–Crippen LogP) is 0.384. The maximum absolute atomic E-state index is 12.0. The Bertz CT molecular complexity index is 1060. The summed E-state index contributed by atoms with van der Waals surface area (Å²) in [5.41, 5.74) is 7.08. The molecule has 0 aliphatic carbocycles. The standard InChI is InChI=1S/C16H17N7O3S/c1-23-10-18-8-14(23)13-6-7-19-16(22-13)21-11-2-4-12(5-3-11)27(25,26)20-9-15(17)24/h2-8,10,20H,9H2,1H3,(H2,17,24)(H,19,21,22). The predicted molar refractivity (Wildman–Crippen MR) is 98.3 cm³/mol. The number of nitrogens with zero attached hydrogens (tertiary/aromatic N) is 4. The fourth-order valence-electron chi connectivity index (χ4n) is 2.26. The Morgan fingerprint density at radius 2 is 1.96 bits per heavy atom. The summed E-state index contributed by atoms with van der Waals surface area (Å²) in [6.07, 6.45) is 4.99. The van der Waals surface area contributed by atoms with Gasteiger partial charge in [-0.05, 0) is 30.3 Å². The molecule has 0 saturated carbocycles. The van der Waals surface area contributed by atoms with Crippen molar-refractivity contribution in [3.8, 4) is 11.4 Å². The highest BCUT2D eigenvalue weighted by Crippen LogP contribution is 2.20. The van der Waals surface area contributed by atoms with Gasteiger partial charge in [0, 0.05) is 18.9 Å². The van der Waals surface area contributed by atoms with Gasteiger partial charge in [0.25, 0.3) is 0 Å². The van der Waals surface area contributed by atoms with Crippen molar-refractivity contribution in [2.45, 2.75) is 4.90 Å². The number of hydrogen-bond acceptors (Lipinski definition) is 7. The van der Waals surface area contributed by atoms with E-state index in [0.717, 1.165) is 5.69 Å². The van der Waals surface area contributed by atoms with Crippen molar-refractivity contribution in [3.05, 3.63) is 49.1 Å². The average molecular weight is 387 g/mol. The van der Waals surface area contributed by atoms with Crippen LogP contribution in [0.4, 0.5) is 11.6 Å². The van der Waals surface area contributed by atoms with Gasteiger partial charge in [0.05, 0.1) is 35.4 Å². The Hall–Kier alpha value is -3.31. The van der Waals surface area contributed by atoms with E-state index >= 15 is 0 Å². The van der Waals surface area contributed by atoms with E-state index in [-0.39, 0.29) is 4.90 Å². The molecule has 2 heterocycles. The Kier molecular flexibility index (Phi) is 5.14. The van der Waals surface area contributed by atoms with Crippen LogP contribution in [0, 0.1) is 0 Å². The second-order valence-electron chi connectivity index (χ2n) is 5.60. The van der Waals surface area contributed by atoms with Crippen LogP contribution in [0.25, 0.3) is 11.4 Å². The number of sulfonamides is 1. The quantitative estimate of drug-likeness (QED) is 0.531. The molecule has 0 atom stereocenters. The van der Waals surface area contributed by atoms with Crippen LogP contribution in [-0.4, -0.2) is 40.4 Å². The molecule has 0 spiro atoms. The minimum absolute atomic E-state index is 0.0128. The minimum Gasteiger partial charge on any atom is -0.369 e. The number of primary amides is 1. The lowest BCUT2D eigenvalue weighted by Gasteiger charge is -2.08. The van der Waals surface area contributed by atoms with Gasteiger partial charge in [-0.2, -0.15) is 0 Å². The fourth-order valence-corrected chi connectivity index (χ4v) is 3.25. The molecule has 0 saturated heterocycles. The minimum atomic E-state index is -3.81. The summed E-state index contributed by atoms with van der Waals surface area (Å²) in [5.74, 6) is -0.404. The Morgan fingerprint density at radius 1 is 1.22 bits per heavy atom. The van der Waals surface area contributed by atoms with Crippen molar-refractivity contribution in [2.24, 2.45) is 12.8 Å². The number of nitrogens with two attached hydrogens (primary N) is 1. The Labute approximate surface area is 155 Å². The molecule has 0 fully saturated rings. The van der Waals surface area contributed by atoms with E-state index in [1.807, 2.05) is 11.6 Å². The third-order valence-electron chi connectivity index (χ3n) is 3.59. The van der Waals surface area contributed by atoms with Crippen LogP contribution in [0.3, 0.4) is 0 Å². The molecule has 4 N–H and O–H groups in total. The number of nitrogens with one attached hydrogen (secondary N) is 2. The number of benzene rings is 1. The molecule has 0 aliphatic heterocycles. The maximum Gasteiger partial charge on any atom is 0.241 e. The first-order valence-corrected chi connectivity index (χ1v) is 9.28. The van der Waals surface area contributed by atoms with Crippen molar-refractivity contribution >= 4 is 27.6 Å². The summed E-state index contributed by atoms with van der Waals surface area (Å²) < 4.78 is 28.0. The molecular weight excluding hydrogens is 370 g/mol. The largest absolute Gasteiger partial charge is 0.369 e. The number of amides is 1. The van der Waals surface area contributed by atoms with Gasteiger partial charge in [-0.15, -0.1) is 0 Å². The SMILES string of the molecule is Cn1cncc1-c1ccnc(Nc2ccc(S(=O)(=O)NCC(N)=O)cc2)n1. The van der Waals surface area contributed by atoms with Gasteiger partial charge < -0.3 is 15.6 Å². The molecule has 1 amide bonds. The molecule has 10 nitrogen and oxygen atoms in total. The zero-order chi connectivity index (χ0) is 19.4. The zero-order valence-corrected chi connectivity index (χ0v) is 15.1. The molecule has 3 aromatic rings. The summed E-state index contributed by atoms with van der Waals surface area (Å²) in [4.78, 5) is 23.4. The lowest BCUT2D eigenvalue weighted by atomic mass is 10.3. The summed E-state index contributed by atoms with van der Waals surface area (Å²) in [7, 11) is -1.94. The van der Waals surface area contributed by atoms with Gasteiger partial charge in [0.1, 0.15) is 0 Å². The van der Waals surface area contributed by atoms with E-state index in [9.17, 15) is 13.2 Å². The van der Waals surface area contributed by atoms with Crippen LogP contribution >= 0.6 is 0 Å². The molecule has 140 valence electrons. The van der Waals surface area contributed by atoms with Gasteiger partial charge >= 0.3 is 0 Å². The van der Waals surface area contributed by atoms with Gasteiger partial charge in [0.2, 0.25) is 21.9 Å². The van der Waals surface area contributed by atoms with E-state index in [4.69, 9.17) is 5.73 Å². The lowest BCUT2D eigenvalue weighted by Crippen LogP contribution is -2.33. The summed E-state index contributed by atoms with van der Waals surface area (Å²) in [5, 5.41) is 3.01. The van der Waals surface area contributed by atoms with E-state index < -0.39 is 22.5 Å². The van der Waals surface area contributed by atoms with E-state index in [1.165, 1.54) is 12.1 Å².